The van der Waals surface area contributed by atoms with Crippen molar-refractivity contribution in [1.29, 1.82) is 0 Å². The minimum absolute atomic E-state index is 0.0190. The molecule has 79 heavy (non-hydrogen) atoms. The highest BCUT2D eigenvalue weighted by molar-refractivity contribution is 7.98. The number of amides is 10. The van der Waals surface area contributed by atoms with Gasteiger partial charge in [0.2, 0.25) is 59.1 Å². The van der Waals surface area contributed by atoms with Gasteiger partial charge in [-0.2, -0.15) is 11.8 Å². The molecule has 25 nitrogen and oxygen atoms in total. The topological polar surface area (TPSA) is 376 Å². The highest BCUT2D eigenvalue weighted by atomic mass is 32.2. The zero-order valence-electron chi connectivity index (χ0n) is 44.7. The Balaban J connectivity index is 1.26. The van der Waals surface area contributed by atoms with Crippen LogP contribution in [0.2, 0.25) is 0 Å². The zero-order valence-corrected chi connectivity index (χ0v) is 45.6. The van der Waals surface area contributed by atoms with Crippen molar-refractivity contribution in [3.63, 3.8) is 0 Å². The number of esters is 1. The molecule has 0 saturated carbocycles. The summed E-state index contributed by atoms with van der Waals surface area (Å²) < 4.78 is 5.03. The van der Waals surface area contributed by atoms with Gasteiger partial charge in [0.25, 0.3) is 0 Å². The van der Waals surface area contributed by atoms with Crippen molar-refractivity contribution in [2.75, 3.05) is 25.2 Å². The van der Waals surface area contributed by atoms with E-state index in [0.717, 1.165) is 10.9 Å². The number of ether oxygens (including phenoxy) is 1. The van der Waals surface area contributed by atoms with Crippen LogP contribution in [0.1, 0.15) is 76.6 Å². The Morgan fingerprint density at radius 2 is 1.37 bits per heavy atom. The van der Waals surface area contributed by atoms with Gasteiger partial charge in [-0.1, -0.05) is 62.4 Å². The lowest BCUT2D eigenvalue weighted by Crippen LogP contribution is -2.59. The lowest BCUT2D eigenvalue weighted by Gasteiger charge is -2.26. The molecular formula is C53H71N13O12S. The van der Waals surface area contributed by atoms with Crippen LogP contribution in [-0.4, -0.2) is 153 Å². The van der Waals surface area contributed by atoms with Crippen LogP contribution in [0.5, 0.6) is 0 Å². The van der Waals surface area contributed by atoms with Crippen LogP contribution in [0.3, 0.4) is 0 Å². The van der Waals surface area contributed by atoms with E-state index < -0.39 is 120 Å². The molecule has 2 aromatic carbocycles. The molecule has 1 saturated heterocycles. The number of nitrogens with zero attached hydrogens (tertiary/aromatic N) is 1. The average Bonchev–Trinajstić information content (AvgIpc) is 4.22. The number of thioether (sulfide) groups is 1. The van der Waals surface area contributed by atoms with Crippen LogP contribution >= 0.6 is 11.8 Å². The average molecular weight is 1110 g/mol. The van der Waals surface area contributed by atoms with Crippen molar-refractivity contribution in [2.45, 2.75) is 127 Å². The summed E-state index contributed by atoms with van der Waals surface area (Å²) in [5.74, 6) is -7.92. The molecule has 4 aromatic rings. The Morgan fingerprint density at radius 1 is 0.722 bits per heavy atom. The number of aromatic amines is 2. The zero-order chi connectivity index (χ0) is 57.6. The Labute approximate surface area is 460 Å². The second-order valence-electron chi connectivity index (χ2n) is 19.3. The maximum atomic E-state index is 14.2. The summed E-state index contributed by atoms with van der Waals surface area (Å²) >= 11 is 1.46. The van der Waals surface area contributed by atoms with E-state index >= 15 is 0 Å². The van der Waals surface area contributed by atoms with Gasteiger partial charge in [0.15, 0.2) is 0 Å². The summed E-state index contributed by atoms with van der Waals surface area (Å²) in [5, 5.41) is 24.2. The van der Waals surface area contributed by atoms with E-state index in [1.54, 1.807) is 63.4 Å². The Morgan fingerprint density at radius 3 is 2.00 bits per heavy atom. The quantitative estimate of drug-likeness (QED) is 0.0268. The number of aromatic nitrogens is 3. The number of carbonyl (C=O) groups is 11. The summed E-state index contributed by atoms with van der Waals surface area (Å²) in [6, 6.07) is 6.31. The minimum atomic E-state index is -1.37. The number of nitrogens with two attached hydrogens (primary N) is 1. The molecule has 2 aromatic heterocycles. The standard InChI is InChI=1S/C53H71N13O12S/c1-6-78-44(69)19-17-38(63-48(72)37-16-18-42(67)60-37)49(73)65-40(23-32-25-56-35-15-11-10-14-34(32)35)50(74)59-30(4)47(71)66-45(29(2)3)53(77)57-27-43(68)61-41(24-33-26-55-28-58-33)52(76)64-39(22-31-12-8-7-9-13-31)51(75)62-36(46(54)70)20-21-79-5/h7-15,25-26,28-30,36-41,45,56H,6,16-24,27H2,1-5H3,(H2,54,70)(H,55,58)(H,57,77)(H,59,74)(H,60,67)(H,61,68)(H,62,75)(H,63,72)(H,64,76)(H,65,73)(H,66,71)/t30-,36-,37-,38-,39-,40-,41-,45-/m0/s1. The molecule has 0 bridgehead atoms. The van der Waals surface area contributed by atoms with E-state index in [1.165, 1.54) is 31.2 Å². The number of para-hydroxylation sites is 1. The second kappa shape index (κ2) is 30.6. The third-order valence-corrected chi connectivity index (χ3v) is 13.5. The molecule has 13 N–H and O–H groups in total. The lowest BCUT2D eigenvalue weighted by atomic mass is 10.0. The predicted molar refractivity (Wildman–Crippen MR) is 291 cm³/mol. The molecule has 0 radical (unpaired) electrons. The molecule has 5 rings (SSSR count). The number of benzene rings is 2. The van der Waals surface area contributed by atoms with Gasteiger partial charge in [-0.15, -0.1) is 0 Å². The van der Waals surface area contributed by atoms with Crippen LogP contribution in [0.4, 0.5) is 0 Å². The fraction of sp³-hybridized carbons (Fsp3) is 0.472. The Bertz CT molecular complexity index is 2770. The maximum absolute atomic E-state index is 14.2. The number of carbonyl (C=O) groups excluding carboxylic acids is 11. The van der Waals surface area contributed by atoms with Crippen LogP contribution < -0.4 is 53.6 Å². The van der Waals surface area contributed by atoms with E-state index in [0.29, 0.717) is 22.6 Å². The highest BCUT2D eigenvalue weighted by Gasteiger charge is 2.35. The van der Waals surface area contributed by atoms with Crippen LogP contribution in [0, 0.1) is 5.92 Å². The first-order valence-electron chi connectivity index (χ1n) is 25.9. The first-order valence-corrected chi connectivity index (χ1v) is 27.3. The molecule has 10 amide bonds. The van der Waals surface area contributed by atoms with Gasteiger partial charge in [0.1, 0.15) is 48.3 Å². The summed E-state index contributed by atoms with van der Waals surface area (Å²) in [6.07, 6.45) is 6.20. The lowest BCUT2D eigenvalue weighted by molar-refractivity contribution is -0.144. The molecule has 1 aliphatic rings. The van der Waals surface area contributed by atoms with Gasteiger partial charge >= 0.3 is 5.97 Å². The number of H-pyrrole nitrogens is 2. The number of hydrogen-bond acceptors (Lipinski definition) is 14. The third kappa shape index (κ3) is 19.3. The normalized spacial score (nSPS) is 15.6. The predicted octanol–water partition coefficient (Wildman–Crippen LogP) is -1.04. The number of rotatable bonds is 31. The smallest absolute Gasteiger partial charge is 0.305 e. The Kier molecular flexibility index (Phi) is 23.8. The summed E-state index contributed by atoms with van der Waals surface area (Å²) in [4.78, 5) is 157. The van der Waals surface area contributed by atoms with Crippen molar-refractivity contribution in [3.8, 4) is 0 Å². The Hall–Kier alpha value is -8.29. The van der Waals surface area contributed by atoms with E-state index in [-0.39, 0.29) is 63.9 Å². The molecule has 26 heteroatoms. The fourth-order valence-corrected chi connectivity index (χ4v) is 8.99. The van der Waals surface area contributed by atoms with E-state index in [4.69, 9.17) is 10.5 Å². The van der Waals surface area contributed by atoms with Gasteiger partial charge in [-0.3, -0.25) is 52.7 Å². The summed E-state index contributed by atoms with van der Waals surface area (Å²) in [7, 11) is 0. The number of primary amides is 1. The van der Waals surface area contributed by atoms with Crippen LogP contribution in [0.25, 0.3) is 10.9 Å². The molecule has 1 fully saturated rings. The van der Waals surface area contributed by atoms with Gasteiger partial charge in [-0.05, 0) is 68.2 Å². The van der Waals surface area contributed by atoms with Crippen molar-refractivity contribution in [1.82, 2.24) is 62.8 Å². The van der Waals surface area contributed by atoms with E-state index in [2.05, 4.69) is 62.8 Å². The number of hydrogen-bond donors (Lipinski definition) is 12. The number of fused-ring (bicyclic) bond motifs is 1. The minimum Gasteiger partial charge on any atom is -0.466 e. The summed E-state index contributed by atoms with van der Waals surface area (Å²) in [5.41, 5.74) is 8.09. The molecule has 1 aliphatic heterocycles. The maximum Gasteiger partial charge on any atom is 0.305 e. The van der Waals surface area contributed by atoms with Gasteiger partial charge in [-0.25, -0.2) is 4.98 Å². The van der Waals surface area contributed by atoms with Crippen molar-refractivity contribution in [2.24, 2.45) is 11.7 Å². The molecule has 8 atom stereocenters. The van der Waals surface area contributed by atoms with Crippen molar-refractivity contribution in [3.05, 3.63) is 90.1 Å². The molecule has 3 heterocycles. The van der Waals surface area contributed by atoms with E-state index in [1.807, 2.05) is 24.5 Å². The second-order valence-corrected chi connectivity index (χ2v) is 20.2. The van der Waals surface area contributed by atoms with Gasteiger partial charge < -0.3 is 68.3 Å². The molecule has 0 spiro atoms. The van der Waals surface area contributed by atoms with E-state index in [9.17, 15) is 52.7 Å². The van der Waals surface area contributed by atoms with Gasteiger partial charge in [0.05, 0.1) is 19.5 Å². The van der Waals surface area contributed by atoms with Crippen LogP contribution in [0.15, 0.2) is 73.3 Å². The van der Waals surface area contributed by atoms with Crippen LogP contribution in [-0.2, 0) is 76.7 Å². The molecule has 0 aliphatic carbocycles. The first kappa shape index (κ1) is 61.6. The highest BCUT2D eigenvalue weighted by Crippen LogP contribution is 2.20. The SMILES string of the molecule is CCOC(=O)CC[C@H](NC(=O)[C@@H]1CCC(=O)N1)C(=O)N[C@@H](Cc1c[nH]c2ccccc12)C(=O)N[C@@H](C)C(=O)N[C@H](C(=O)NCC(=O)N[C@@H](Cc1cnc[nH]1)C(=O)N[C@@H](Cc1ccccc1)C(=O)N[C@@H](CCSC)C(N)=O)C(C)C. The third-order valence-electron chi connectivity index (χ3n) is 12.9. The number of nitrogens with one attached hydrogen (secondary N) is 11. The summed E-state index contributed by atoms with van der Waals surface area (Å²) in [6.45, 7) is 5.67. The molecular weight excluding hydrogens is 1040 g/mol. The largest absolute Gasteiger partial charge is 0.466 e. The van der Waals surface area contributed by atoms with Crippen molar-refractivity contribution < 1.29 is 57.5 Å². The van der Waals surface area contributed by atoms with Crippen molar-refractivity contribution >= 4 is 87.7 Å². The first-order chi connectivity index (χ1) is 37.8. The van der Waals surface area contributed by atoms with Gasteiger partial charge in [0, 0.05) is 61.1 Å². The number of imidazole rings is 1. The monoisotopic (exact) mass is 1110 g/mol. The molecule has 426 valence electrons. The fourth-order valence-electron chi connectivity index (χ4n) is 8.52. The molecule has 0 unspecified atom stereocenters.